The molecule has 0 saturated carbocycles. The molecule has 4 rings (SSSR count). The molecule has 28 heavy (non-hydrogen) atoms. The first-order valence-electron chi connectivity index (χ1n) is 7.94. The van der Waals surface area contributed by atoms with E-state index in [1.54, 1.807) is 24.5 Å². The van der Waals surface area contributed by atoms with Gasteiger partial charge in [-0.05, 0) is 30.5 Å². The van der Waals surface area contributed by atoms with E-state index in [-0.39, 0.29) is 16.6 Å². The van der Waals surface area contributed by atoms with Crippen LogP contribution in [0.5, 0.6) is 0 Å². The maximum Gasteiger partial charge on any atom is 0.288 e. The molecule has 142 valence electrons. The smallest absolute Gasteiger partial charge is 0.288 e. The van der Waals surface area contributed by atoms with Crippen molar-refractivity contribution in [2.75, 3.05) is 6.26 Å². The van der Waals surface area contributed by atoms with E-state index in [1.807, 2.05) is 6.07 Å². The van der Waals surface area contributed by atoms with E-state index in [2.05, 4.69) is 26.3 Å². The lowest BCUT2D eigenvalue weighted by Crippen LogP contribution is -2.50. The number of amides is 1. The lowest BCUT2D eigenvalue weighted by molar-refractivity contribution is -0.384. The topological polar surface area (TPSA) is 100 Å². The summed E-state index contributed by atoms with van der Waals surface area (Å²) in [6.45, 7) is 0. The monoisotopic (exact) mass is 479 g/mol. The van der Waals surface area contributed by atoms with Gasteiger partial charge in [0.15, 0.2) is 11.3 Å². The Labute approximate surface area is 176 Å². The third-order valence-corrected chi connectivity index (χ3v) is 5.61. The quantitative estimate of drug-likeness (QED) is 0.526. The van der Waals surface area contributed by atoms with Crippen LogP contribution in [-0.4, -0.2) is 27.3 Å². The minimum absolute atomic E-state index is 0.0304. The maximum atomic E-state index is 12.8. The molecular formula is C17H11BrClN5O3S. The molecule has 0 saturated heterocycles. The van der Waals surface area contributed by atoms with Crippen LogP contribution < -0.4 is 15.9 Å². The standard InChI is InChI=1S/C17H11BrClN5O3S/c1-28-17-21-16(25)14-10-7-9(18)3-5-12(10)20-15(23(14)22-17)8-2-4-11(19)13(6-8)24(26)27/h2-7,15H,1H3,(H,21,22,25). The van der Waals surface area contributed by atoms with Gasteiger partial charge in [-0.25, -0.2) is 5.01 Å². The van der Waals surface area contributed by atoms with Crippen LogP contribution in [0.15, 0.2) is 51.0 Å². The summed E-state index contributed by atoms with van der Waals surface area (Å²) in [6, 6.07) is 9.84. The molecule has 1 atom stereocenters. The molecule has 0 spiro atoms. The molecule has 0 aliphatic carbocycles. The lowest BCUT2D eigenvalue weighted by Gasteiger charge is -2.33. The van der Waals surface area contributed by atoms with Gasteiger partial charge in [0.1, 0.15) is 10.7 Å². The molecule has 0 fully saturated rings. The average molecular weight is 481 g/mol. The Hall–Kier alpha value is -2.43. The maximum absolute atomic E-state index is 12.8. The summed E-state index contributed by atoms with van der Waals surface area (Å²) in [4.78, 5) is 28.2. The fourth-order valence-corrected chi connectivity index (χ4v) is 3.90. The predicted molar refractivity (Wildman–Crippen MR) is 110 cm³/mol. The summed E-state index contributed by atoms with van der Waals surface area (Å²) >= 11 is 10.6. The SMILES string of the molecule is CSC1=NN2C(=c3cc(Br)ccc3=NC2c2ccc(Cl)c([N+](=O)[O-])c2)C(=O)N1. The second-order valence-corrected chi connectivity index (χ2v) is 8.01. The predicted octanol–water partition coefficient (Wildman–Crippen LogP) is 2.52. The number of amidine groups is 1. The average Bonchev–Trinajstić information content (AvgIpc) is 2.67. The summed E-state index contributed by atoms with van der Waals surface area (Å²) in [7, 11) is 0. The number of fused-ring (bicyclic) bond motifs is 2. The highest BCUT2D eigenvalue weighted by Crippen LogP contribution is 2.34. The molecule has 2 aliphatic heterocycles. The van der Waals surface area contributed by atoms with Gasteiger partial charge in [0, 0.05) is 21.3 Å². The number of nitrogens with zero attached hydrogens (tertiary/aromatic N) is 4. The van der Waals surface area contributed by atoms with Gasteiger partial charge in [-0.3, -0.25) is 25.2 Å². The van der Waals surface area contributed by atoms with Crippen LogP contribution >= 0.6 is 39.3 Å². The Kier molecular flexibility index (Phi) is 4.86. The van der Waals surface area contributed by atoms with Crippen LogP contribution in [0.4, 0.5) is 5.69 Å². The second kappa shape index (κ2) is 7.19. The number of halogens is 2. The number of thioether (sulfide) groups is 1. The first-order valence-corrected chi connectivity index (χ1v) is 10.3. The summed E-state index contributed by atoms with van der Waals surface area (Å²) in [5, 5.41) is 21.7. The number of carbonyl (C=O) groups excluding carboxylic acids is 1. The molecule has 1 N–H and O–H groups in total. The molecule has 0 bridgehead atoms. The molecule has 2 aliphatic rings. The number of carbonyl (C=O) groups is 1. The molecule has 8 nitrogen and oxygen atoms in total. The highest BCUT2D eigenvalue weighted by atomic mass is 79.9. The van der Waals surface area contributed by atoms with Crippen LogP contribution in [0, 0.1) is 10.1 Å². The normalized spacial score (nSPS) is 17.9. The first kappa shape index (κ1) is 18.9. The highest BCUT2D eigenvalue weighted by Gasteiger charge is 2.35. The Morgan fingerprint density at radius 3 is 2.82 bits per heavy atom. The van der Waals surface area contributed by atoms with Gasteiger partial charge in [-0.2, -0.15) is 0 Å². The minimum atomic E-state index is -0.743. The van der Waals surface area contributed by atoms with Crippen LogP contribution in [0.3, 0.4) is 0 Å². The largest absolute Gasteiger partial charge is 0.298 e. The Balaban J connectivity index is 1.99. The Morgan fingerprint density at radius 2 is 2.11 bits per heavy atom. The van der Waals surface area contributed by atoms with Gasteiger partial charge in [-0.1, -0.05) is 45.4 Å². The van der Waals surface area contributed by atoms with Gasteiger partial charge in [0.2, 0.25) is 0 Å². The molecule has 2 heterocycles. The molecule has 1 unspecified atom stereocenters. The summed E-state index contributed by atoms with van der Waals surface area (Å²) in [5.74, 6) is -0.318. The van der Waals surface area contributed by atoms with Crippen molar-refractivity contribution in [3.8, 4) is 0 Å². The second-order valence-electron chi connectivity index (χ2n) is 5.89. The lowest BCUT2D eigenvalue weighted by atomic mass is 10.1. The molecule has 0 aromatic heterocycles. The number of hydrogen-bond acceptors (Lipinski definition) is 7. The van der Waals surface area contributed by atoms with Crippen molar-refractivity contribution >= 4 is 61.8 Å². The van der Waals surface area contributed by atoms with Crippen molar-refractivity contribution < 1.29 is 9.72 Å². The van der Waals surface area contributed by atoms with Crippen LogP contribution in [0.1, 0.15) is 11.7 Å². The van der Waals surface area contributed by atoms with E-state index < -0.39 is 11.1 Å². The highest BCUT2D eigenvalue weighted by molar-refractivity contribution is 9.10. The van der Waals surface area contributed by atoms with E-state index in [0.29, 0.717) is 27.0 Å². The van der Waals surface area contributed by atoms with Gasteiger partial charge in [0.25, 0.3) is 11.6 Å². The van der Waals surface area contributed by atoms with Gasteiger partial charge in [-0.15, -0.1) is 5.10 Å². The fraction of sp³-hybridized carbons (Fsp3) is 0.118. The molecule has 11 heteroatoms. The number of hydrogen-bond donors (Lipinski definition) is 1. The Bertz CT molecular complexity index is 1190. The number of nitrogens with one attached hydrogen (secondary N) is 1. The number of nitro benzene ring substituents is 1. The number of benzene rings is 2. The summed E-state index contributed by atoms with van der Waals surface area (Å²) in [6.07, 6.45) is 1.05. The number of hydrazone groups is 1. The number of nitro groups is 1. The van der Waals surface area contributed by atoms with Crippen molar-refractivity contribution in [3.05, 3.63) is 72.1 Å². The van der Waals surface area contributed by atoms with E-state index in [9.17, 15) is 14.9 Å². The van der Waals surface area contributed by atoms with Gasteiger partial charge < -0.3 is 0 Å². The minimum Gasteiger partial charge on any atom is -0.298 e. The van der Waals surface area contributed by atoms with Crippen molar-refractivity contribution in [3.63, 3.8) is 0 Å². The fourth-order valence-electron chi connectivity index (χ4n) is 2.99. The van der Waals surface area contributed by atoms with Crippen molar-refractivity contribution in [2.24, 2.45) is 10.1 Å². The van der Waals surface area contributed by atoms with Crippen molar-refractivity contribution in [1.82, 2.24) is 10.3 Å². The van der Waals surface area contributed by atoms with E-state index in [0.717, 1.165) is 4.47 Å². The van der Waals surface area contributed by atoms with Crippen LogP contribution in [0.2, 0.25) is 5.02 Å². The van der Waals surface area contributed by atoms with Crippen molar-refractivity contribution in [2.45, 2.75) is 6.17 Å². The third kappa shape index (κ3) is 3.17. The van der Waals surface area contributed by atoms with E-state index in [4.69, 9.17) is 16.6 Å². The summed E-state index contributed by atoms with van der Waals surface area (Å²) in [5.41, 5.74) is 0.598. The Morgan fingerprint density at radius 1 is 1.32 bits per heavy atom. The van der Waals surface area contributed by atoms with E-state index in [1.165, 1.54) is 28.9 Å². The van der Waals surface area contributed by atoms with Gasteiger partial charge >= 0.3 is 0 Å². The molecule has 1 amide bonds. The van der Waals surface area contributed by atoms with Crippen LogP contribution in [-0.2, 0) is 4.79 Å². The third-order valence-electron chi connectivity index (χ3n) is 4.23. The number of rotatable bonds is 2. The van der Waals surface area contributed by atoms with E-state index >= 15 is 0 Å². The molecular weight excluding hydrogens is 470 g/mol. The first-order chi connectivity index (χ1) is 13.4. The molecule has 0 radical (unpaired) electrons. The van der Waals surface area contributed by atoms with Crippen LogP contribution in [0.25, 0.3) is 5.70 Å². The zero-order chi connectivity index (χ0) is 20.0. The summed E-state index contributed by atoms with van der Waals surface area (Å²) < 4.78 is 0.793. The molecule has 2 aromatic carbocycles. The molecule has 2 aromatic rings. The van der Waals surface area contributed by atoms with Gasteiger partial charge in [0.05, 0.1) is 10.3 Å². The zero-order valence-corrected chi connectivity index (χ0v) is 17.4. The zero-order valence-electron chi connectivity index (χ0n) is 14.2. The van der Waals surface area contributed by atoms with Crippen molar-refractivity contribution in [1.29, 1.82) is 0 Å².